The van der Waals surface area contributed by atoms with Gasteiger partial charge in [0.15, 0.2) is 8.45 Å². The topological polar surface area (TPSA) is 51.2 Å². The minimum Gasteiger partial charge on any atom is -0.331 e. The first-order valence-electron chi connectivity index (χ1n) is 5.66. The van der Waals surface area contributed by atoms with Crippen molar-refractivity contribution in [3.05, 3.63) is 0 Å². The van der Waals surface area contributed by atoms with Gasteiger partial charge in [0.25, 0.3) is 0 Å². The van der Waals surface area contributed by atoms with Crippen LogP contribution in [0.15, 0.2) is 0 Å². The van der Waals surface area contributed by atoms with Crippen LogP contribution < -0.4 is 0 Å². The highest BCUT2D eigenvalue weighted by molar-refractivity contribution is 7.65. The average Bonchev–Trinajstić information content (AvgIpc) is 2.25. The van der Waals surface area contributed by atoms with Crippen LogP contribution in [-0.2, 0) is 18.1 Å². The first-order valence-corrected chi connectivity index (χ1v) is 8.32. The van der Waals surface area contributed by atoms with Crippen molar-refractivity contribution in [1.82, 2.24) is 9.11 Å². The molecule has 0 saturated heterocycles. The van der Waals surface area contributed by atoms with E-state index in [0.717, 1.165) is 0 Å². The van der Waals surface area contributed by atoms with Crippen LogP contribution in [-0.4, -0.2) is 50.1 Å². The lowest BCUT2D eigenvalue weighted by Gasteiger charge is -2.34. The predicted octanol–water partition coefficient (Wildman–Crippen LogP) is 2.92. The van der Waals surface area contributed by atoms with E-state index in [1.54, 1.807) is 25.3 Å². The minimum absolute atomic E-state index is 0.338. The number of hydrogen-bond acceptors (Lipinski definition) is 5. The highest BCUT2D eigenvalue weighted by Gasteiger charge is 2.37. The molecule has 0 N–H and O–H groups in total. The molecule has 0 radical (unpaired) electrons. The Balaban J connectivity index is 4.89. The summed E-state index contributed by atoms with van der Waals surface area (Å²) in [6.45, 7) is 6.70. The zero-order valence-electron chi connectivity index (χ0n) is 11.5. The molecule has 1 atom stereocenters. The van der Waals surface area contributed by atoms with E-state index in [-0.39, 0.29) is 0 Å². The number of rotatable bonds is 9. The normalized spacial score (nSPS) is 14.6. The molecule has 8 heteroatoms. The van der Waals surface area contributed by atoms with Gasteiger partial charge in [-0.2, -0.15) is 4.44 Å². The summed E-state index contributed by atoms with van der Waals surface area (Å²) < 4.78 is 32.1. The molecule has 0 heterocycles. The van der Waals surface area contributed by atoms with E-state index in [9.17, 15) is 4.57 Å². The first kappa shape index (κ1) is 17.5. The molecule has 0 aliphatic carbocycles. The fraction of sp³-hybridized carbons (Fsp3) is 1.00. The number of nitrogens with zero attached hydrogens (tertiary/aromatic N) is 2. The van der Waals surface area contributed by atoms with Crippen molar-refractivity contribution in [2.24, 2.45) is 0 Å². The second-order valence-corrected chi connectivity index (χ2v) is 7.84. The van der Waals surface area contributed by atoms with Gasteiger partial charge in [0.2, 0.25) is 0 Å². The third kappa shape index (κ3) is 5.31. The van der Waals surface area contributed by atoms with Gasteiger partial charge in [-0.3, -0.25) is 13.7 Å². The Morgan fingerprint density at radius 2 is 1.47 bits per heavy atom. The zero-order valence-corrected chi connectivity index (χ0v) is 13.3. The Labute approximate surface area is 106 Å². The largest absolute Gasteiger partial charge is 0.414 e. The van der Waals surface area contributed by atoms with E-state index in [1.165, 1.54) is 0 Å². The van der Waals surface area contributed by atoms with Crippen molar-refractivity contribution in [2.75, 3.05) is 41.0 Å². The van der Waals surface area contributed by atoms with Gasteiger partial charge in [-0.15, -0.1) is 0 Å². The van der Waals surface area contributed by atoms with Crippen LogP contribution in [0.3, 0.4) is 0 Å². The molecule has 104 valence electrons. The Hall–Kier alpha value is 0.460. The van der Waals surface area contributed by atoms with E-state index < -0.39 is 16.2 Å². The quantitative estimate of drug-likeness (QED) is 0.607. The molecule has 6 nitrogen and oxygen atoms in total. The fourth-order valence-corrected chi connectivity index (χ4v) is 5.10. The van der Waals surface area contributed by atoms with E-state index in [0.29, 0.717) is 19.8 Å². The summed E-state index contributed by atoms with van der Waals surface area (Å²) in [5, 5.41) is 0. The van der Waals surface area contributed by atoms with Crippen LogP contribution in [0.2, 0.25) is 0 Å². The molecular weight excluding hydrogens is 262 g/mol. The van der Waals surface area contributed by atoms with Crippen LogP contribution in [0.5, 0.6) is 0 Å². The van der Waals surface area contributed by atoms with Crippen LogP contribution in [0.25, 0.3) is 0 Å². The zero-order chi connectivity index (χ0) is 13.5. The van der Waals surface area contributed by atoms with Gasteiger partial charge in [0.05, 0.1) is 19.8 Å². The first-order chi connectivity index (χ1) is 7.92. The van der Waals surface area contributed by atoms with Crippen molar-refractivity contribution in [3.63, 3.8) is 0 Å². The molecule has 17 heavy (non-hydrogen) atoms. The summed E-state index contributed by atoms with van der Waals surface area (Å²) in [5.74, 6) is 0. The molecular formula is C9H24N2O4P2. The lowest BCUT2D eigenvalue weighted by Crippen LogP contribution is -2.22. The molecule has 0 aromatic rings. The number of hydrogen-bond donors (Lipinski definition) is 0. The van der Waals surface area contributed by atoms with Gasteiger partial charge < -0.3 is 4.52 Å². The van der Waals surface area contributed by atoms with E-state index in [2.05, 4.69) is 0 Å². The van der Waals surface area contributed by atoms with Crippen LogP contribution in [0, 0.1) is 0 Å². The van der Waals surface area contributed by atoms with Crippen molar-refractivity contribution in [3.8, 4) is 0 Å². The van der Waals surface area contributed by atoms with Gasteiger partial charge >= 0.3 is 7.75 Å². The van der Waals surface area contributed by atoms with Crippen molar-refractivity contribution < 1.29 is 18.1 Å². The smallest absolute Gasteiger partial charge is 0.331 e. The van der Waals surface area contributed by atoms with Crippen LogP contribution in [0.4, 0.5) is 0 Å². The maximum absolute atomic E-state index is 12.5. The summed E-state index contributed by atoms with van der Waals surface area (Å²) in [5.41, 5.74) is 0. The molecule has 0 spiro atoms. The maximum Gasteiger partial charge on any atom is 0.414 e. The Kier molecular flexibility index (Phi) is 8.77. The Bertz CT molecular complexity index is 243. The summed E-state index contributed by atoms with van der Waals surface area (Å²) in [4.78, 5) is 0. The summed E-state index contributed by atoms with van der Waals surface area (Å²) in [6.07, 6.45) is 0. The third-order valence-electron chi connectivity index (χ3n) is 1.77. The van der Waals surface area contributed by atoms with E-state index >= 15 is 0 Å². The summed E-state index contributed by atoms with van der Waals surface area (Å²) in [6, 6.07) is 0. The highest BCUT2D eigenvalue weighted by atomic mass is 31.2. The monoisotopic (exact) mass is 286 g/mol. The Morgan fingerprint density at radius 1 is 1.00 bits per heavy atom. The van der Waals surface area contributed by atoms with E-state index in [4.69, 9.17) is 13.6 Å². The van der Waals surface area contributed by atoms with Crippen molar-refractivity contribution in [2.45, 2.75) is 20.8 Å². The average molecular weight is 286 g/mol. The molecule has 0 saturated carbocycles. The summed E-state index contributed by atoms with van der Waals surface area (Å²) in [7, 11) is 1.06. The van der Waals surface area contributed by atoms with Gasteiger partial charge in [-0.25, -0.2) is 4.57 Å². The molecule has 0 aromatic heterocycles. The standard InChI is InChI=1S/C9H24N2O4P2/c1-7-13-16(10(4)5)11(6)17(12,14-8-2)15-9-3/h7-9H2,1-6H3. The summed E-state index contributed by atoms with van der Waals surface area (Å²) >= 11 is 0. The van der Waals surface area contributed by atoms with Gasteiger partial charge in [0.1, 0.15) is 0 Å². The lowest BCUT2D eigenvalue weighted by atomic mass is 10.9. The molecule has 0 aliphatic heterocycles. The highest BCUT2D eigenvalue weighted by Crippen LogP contribution is 2.63. The predicted molar refractivity (Wildman–Crippen MR) is 70.9 cm³/mol. The van der Waals surface area contributed by atoms with Gasteiger partial charge in [-0.1, -0.05) is 0 Å². The van der Waals surface area contributed by atoms with Crippen molar-refractivity contribution in [1.29, 1.82) is 0 Å². The van der Waals surface area contributed by atoms with Gasteiger partial charge in [-0.05, 0) is 34.9 Å². The molecule has 0 bridgehead atoms. The minimum atomic E-state index is -3.25. The second-order valence-electron chi connectivity index (χ2n) is 3.31. The fourth-order valence-electron chi connectivity index (χ4n) is 1.20. The molecule has 0 amide bonds. The Morgan fingerprint density at radius 3 is 1.76 bits per heavy atom. The molecule has 0 aliphatic rings. The van der Waals surface area contributed by atoms with Gasteiger partial charge in [0, 0.05) is 7.05 Å². The van der Waals surface area contributed by atoms with E-state index in [1.807, 2.05) is 25.7 Å². The maximum atomic E-state index is 12.5. The third-order valence-corrected chi connectivity index (χ3v) is 6.44. The SMILES string of the molecule is CCOP(N(C)C)N(C)P(=O)(OCC)OCC. The lowest BCUT2D eigenvalue weighted by molar-refractivity contribution is 0.190. The molecule has 0 fully saturated rings. The molecule has 1 unspecified atom stereocenters. The molecule has 0 aromatic carbocycles. The van der Waals surface area contributed by atoms with Crippen LogP contribution in [0.1, 0.15) is 20.8 Å². The van der Waals surface area contributed by atoms with Crippen LogP contribution >= 0.6 is 16.2 Å². The van der Waals surface area contributed by atoms with Crippen molar-refractivity contribution >= 4 is 16.2 Å². The second kappa shape index (κ2) is 8.54. The molecule has 0 rings (SSSR count).